The van der Waals surface area contributed by atoms with E-state index in [4.69, 9.17) is 0 Å². The molecule has 2 aliphatic heterocycles. The normalized spacial score (nSPS) is 37.5. The van der Waals surface area contributed by atoms with Gasteiger partial charge < -0.3 is 31.1 Å². The first-order valence-corrected chi connectivity index (χ1v) is 15.5. The maximum atomic E-state index is 11.1. The lowest BCUT2D eigenvalue weighted by molar-refractivity contribution is -0.207. The number of aliphatic hydroxyl groups is 4. The van der Waals surface area contributed by atoms with Gasteiger partial charge in [-0.25, -0.2) is 0 Å². The van der Waals surface area contributed by atoms with E-state index in [-0.39, 0.29) is 12.1 Å². The highest BCUT2D eigenvalue weighted by Gasteiger charge is 2.57. The highest BCUT2D eigenvalue weighted by Crippen LogP contribution is 2.45. The van der Waals surface area contributed by atoms with E-state index < -0.39 is 22.4 Å². The lowest BCUT2D eigenvalue weighted by Crippen LogP contribution is -2.71. The van der Waals surface area contributed by atoms with Crippen LogP contribution in [0.5, 0.6) is 0 Å². The van der Waals surface area contributed by atoms with E-state index in [1.54, 1.807) is 0 Å². The van der Waals surface area contributed by atoms with E-state index >= 15 is 0 Å². The fraction of sp³-hybridized carbons (Fsp3) is 0.647. The second kappa shape index (κ2) is 11.8. The Kier molecular flexibility index (Phi) is 8.78. The van der Waals surface area contributed by atoms with Gasteiger partial charge in [0.2, 0.25) is 0 Å². The predicted octanol–water partition coefficient (Wildman–Crippen LogP) is 3.87. The number of piperidine rings is 2. The molecule has 0 amide bonds. The number of benzene rings is 2. The number of nitrogens with one attached hydrogen (secondary N) is 2. The smallest absolute Gasteiger partial charge is 0.109 e. The van der Waals surface area contributed by atoms with Crippen molar-refractivity contribution in [3.05, 3.63) is 70.8 Å². The summed E-state index contributed by atoms with van der Waals surface area (Å²) in [6, 6.07) is 16.8. The average molecular weight is 551 g/mol. The van der Waals surface area contributed by atoms with Gasteiger partial charge in [-0.3, -0.25) is 0 Å². The zero-order valence-corrected chi connectivity index (χ0v) is 24.5. The van der Waals surface area contributed by atoms with E-state index in [1.165, 1.54) is 22.3 Å². The first kappa shape index (κ1) is 29.7. The molecule has 2 aromatic rings. The minimum Gasteiger partial charge on any atom is -0.387 e. The first-order valence-electron chi connectivity index (χ1n) is 15.5. The van der Waals surface area contributed by atoms with Crippen molar-refractivity contribution in [3.8, 4) is 0 Å². The summed E-state index contributed by atoms with van der Waals surface area (Å²) in [6.45, 7) is 5.73. The Balaban J connectivity index is 0.000000161. The molecule has 6 heteroatoms. The molecule has 6 atom stereocenters. The topological polar surface area (TPSA) is 105 Å². The van der Waals surface area contributed by atoms with Crippen LogP contribution in [0.25, 0.3) is 0 Å². The van der Waals surface area contributed by atoms with Crippen molar-refractivity contribution >= 4 is 0 Å². The summed E-state index contributed by atoms with van der Waals surface area (Å²) in [7, 11) is 0. The van der Waals surface area contributed by atoms with E-state index in [0.717, 1.165) is 64.5 Å². The third kappa shape index (κ3) is 5.77. The molecule has 6 N–H and O–H groups in total. The van der Waals surface area contributed by atoms with Crippen LogP contribution in [-0.2, 0) is 12.8 Å². The SMILES string of the molecule is Cc1ccc(C[C@@H]2NCC[C@@]3(O)CCCC[C@]23O)cc1.Cc1ccc(C[C@@H]2NCC[C@]3(O)CCCCC23O)cc1. The summed E-state index contributed by atoms with van der Waals surface area (Å²) < 4.78 is 0. The number of hydrogen-bond donors (Lipinski definition) is 6. The maximum Gasteiger partial charge on any atom is 0.109 e. The highest BCUT2D eigenvalue weighted by atomic mass is 16.4. The first-order chi connectivity index (χ1) is 19.1. The molecule has 220 valence electrons. The highest BCUT2D eigenvalue weighted by molar-refractivity contribution is 5.26. The van der Waals surface area contributed by atoms with Crippen LogP contribution < -0.4 is 10.6 Å². The molecule has 0 spiro atoms. The summed E-state index contributed by atoms with van der Waals surface area (Å²) >= 11 is 0. The minimum absolute atomic E-state index is 0.0516. The molecule has 6 rings (SSSR count). The van der Waals surface area contributed by atoms with Crippen LogP contribution in [0.2, 0.25) is 0 Å². The van der Waals surface area contributed by atoms with Gasteiger partial charge in [0, 0.05) is 12.1 Å². The van der Waals surface area contributed by atoms with Crippen LogP contribution >= 0.6 is 0 Å². The number of fused-ring (bicyclic) bond motifs is 2. The van der Waals surface area contributed by atoms with Crippen molar-refractivity contribution < 1.29 is 20.4 Å². The second-order valence-corrected chi connectivity index (χ2v) is 13.2. The van der Waals surface area contributed by atoms with Crippen molar-refractivity contribution in [2.75, 3.05) is 13.1 Å². The number of rotatable bonds is 4. The lowest BCUT2D eigenvalue weighted by Gasteiger charge is -2.54. The van der Waals surface area contributed by atoms with Crippen molar-refractivity contribution in [1.29, 1.82) is 0 Å². The Hall–Kier alpha value is -1.80. The van der Waals surface area contributed by atoms with Crippen LogP contribution in [0, 0.1) is 13.8 Å². The van der Waals surface area contributed by atoms with Gasteiger partial charge in [-0.15, -0.1) is 0 Å². The standard InChI is InChI=1S/2C17H25NO2/c2*1-13-4-6-14(7-5-13)12-15-17(20)9-3-2-8-16(17,19)10-11-18-15/h2*4-7,15,18-20H,2-3,8-12H2,1H3/t15-,16+,17?;15-,16-,17-/m00/s1. The molecular formula is C34H50N2O4. The van der Waals surface area contributed by atoms with Gasteiger partial charge in [0.15, 0.2) is 0 Å². The van der Waals surface area contributed by atoms with Crippen LogP contribution in [-0.4, -0.2) is 68.0 Å². The van der Waals surface area contributed by atoms with Crippen molar-refractivity contribution in [2.45, 2.75) is 125 Å². The third-order valence-corrected chi connectivity index (χ3v) is 10.5. The summed E-state index contributed by atoms with van der Waals surface area (Å²) in [6.07, 6.45) is 9.80. The fourth-order valence-electron chi connectivity index (χ4n) is 7.85. The van der Waals surface area contributed by atoms with Gasteiger partial charge in [0.25, 0.3) is 0 Å². The quantitative estimate of drug-likeness (QED) is 0.345. The zero-order valence-electron chi connectivity index (χ0n) is 24.5. The molecule has 2 saturated carbocycles. The Morgan fingerprint density at radius 3 is 1.27 bits per heavy atom. The monoisotopic (exact) mass is 550 g/mol. The Morgan fingerprint density at radius 1 is 0.550 bits per heavy atom. The van der Waals surface area contributed by atoms with Crippen molar-refractivity contribution in [1.82, 2.24) is 10.6 Å². The molecule has 40 heavy (non-hydrogen) atoms. The van der Waals surface area contributed by atoms with E-state index in [9.17, 15) is 20.4 Å². The van der Waals surface area contributed by atoms with Gasteiger partial charge in [-0.1, -0.05) is 85.3 Å². The molecule has 4 fully saturated rings. The van der Waals surface area contributed by atoms with Gasteiger partial charge in [-0.2, -0.15) is 0 Å². The Labute approximate surface area is 240 Å². The molecule has 6 nitrogen and oxygen atoms in total. The van der Waals surface area contributed by atoms with Crippen LogP contribution in [0.4, 0.5) is 0 Å². The van der Waals surface area contributed by atoms with Crippen LogP contribution in [0.15, 0.2) is 48.5 Å². The lowest BCUT2D eigenvalue weighted by atomic mass is 9.63. The maximum absolute atomic E-state index is 11.1. The largest absolute Gasteiger partial charge is 0.387 e. The number of aryl methyl sites for hydroxylation is 2. The Bertz CT molecular complexity index is 1030. The van der Waals surface area contributed by atoms with Crippen molar-refractivity contribution in [2.24, 2.45) is 0 Å². The fourth-order valence-corrected chi connectivity index (χ4v) is 7.85. The average Bonchev–Trinajstić information content (AvgIpc) is 2.93. The van der Waals surface area contributed by atoms with Gasteiger partial charge >= 0.3 is 0 Å². The molecule has 1 unspecified atom stereocenters. The predicted molar refractivity (Wildman–Crippen MR) is 159 cm³/mol. The van der Waals surface area contributed by atoms with E-state index in [2.05, 4.69) is 73.0 Å². The van der Waals surface area contributed by atoms with Crippen LogP contribution in [0.1, 0.15) is 86.5 Å². The zero-order chi connectivity index (χ0) is 28.4. The van der Waals surface area contributed by atoms with Gasteiger partial charge in [0.05, 0.1) is 11.2 Å². The molecular weight excluding hydrogens is 500 g/mol. The Morgan fingerprint density at radius 2 is 0.900 bits per heavy atom. The molecule has 0 aromatic heterocycles. The third-order valence-electron chi connectivity index (χ3n) is 10.5. The summed E-state index contributed by atoms with van der Waals surface area (Å²) in [5.74, 6) is 0. The van der Waals surface area contributed by atoms with E-state index in [0.29, 0.717) is 25.7 Å². The molecule has 4 aliphatic rings. The summed E-state index contributed by atoms with van der Waals surface area (Å²) in [5.41, 5.74) is 1.18. The molecule has 2 aliphatic carbocycles. The van der Waals surface area contributed by atoms with E-state index in [1.807, 2.05) is 0 Å². The summed E-state index contributed by atoms with van der Waals surface area (Å²) in [5, 5.41) is 50.8. The van der Waals surface area contributed by atoms with Gasteiger partial charge in [-0.05, 0) is 89.4 Å². The molecule has 2 aromatic carbocycles. The second-order valence-electron chi connectivity index (χ2n) is 13.2. The number of hydrogen-bond acceptors (Lipinski definition) is 6. The molecule has 0 bridgehead atoms. The minimum atomic E-state index is -0.978. The van der Waals surface area contributed by atoms with Gasteiger partial charge in [0.1, 0.15) is 11.2 Å². The molecule has 2 saturated heterocycles. The summed E-state index contributed by atoms with van der Waals surface area (Å²) in [4.78, 5) is 0. The molecule has 0 radical (unpaired) electrons. The van der Waals surface area contributed by atoms with Crippen molar-refractivity contribution in [3.63, 3.8) is 0 Å². The van der Waals surface area contributed by atoms with Crippen LogP contribution in [0.3, 0.4) is 0 Å². The molecule has 2 heterocycles.